The van der Waals surface area contributed by atoms with Gasteiger partial charge in [0.25, 0.3) is 5.56 Å². The largest absolute Gasteiger partial charge is 0.360 e. The highest BCUT2D eigenvalue weighted by Crippen LogP contribution is 2.09. The van der Waals surface area contributed by atoms with Gasteiger partial charge in [-0.15, -0.1) is 0 Å². The van der Waals surface area contributed by atoms with Crippen molar-refractivity contribution in [2.45, 2.75) is 20.4 Å². The molecule has 0 unspecified atom stereocenters. The van der Waals surface area contributed by atoms with E-state index in [9.17, 15) is 9.59 Å². The number of amides is 1. The monoisotopic (exact) mass is 298 g/mol. The van der Waals surface area contributed by atoms with Crippen LogP contribution >= 0.6 is 0 Å². The van der Waals surface area contributed by atoms with Gasteiger partial charge in [0.05, 0.1) is 10.9 Å². The molecule has 0 aliphatic rings. The van der Waals surface area contributed by atoms with Crippen LogP contribution in [0.4, 0.5) is 5.82 Å². The maximum atomic E-state index is 12.5. The molecule has 1 N–H and O–H groups in total. The van der Waals surface area contributed by atoms with Crippen molar-refractivity contribution >= 4 is 22.6 Å². The first kappa shape index (κ1) is 14.0. The summed E-state index contributed by atoms with van der Waals surface area (Å²) >= 11 is 0. The number of hydrogen-bond donors (Lipinski definition) is 1. The molecule has 0 saturated heterocycles. The predicted octanol–water partition coefficient (Wildman–Crippen LogP) is 1.64. The van der Waals surface area contributed by atoms with Crippen LogP contribution in [0.25, 0.3) is 10.9 Å². The fourth-order valence-corrected chi connectivity index (χ4v) is 2.22. The van der Waals surface area contributed by atoms with Crippen LogP contribution in [-0.4, -0.2) is 20.6 Å². The summed E-state index contributed by atoms with van der Waals surface area (Å²) in [5.41, 5.74) is 0.378. The van der Waals surface area contributed by atoms with Gasteiger partial charge < -0.3 is 9.84 Å². The summed E-state index contributed by atoms with van der Waals surface area (Å²) in [7, 11) is 0. The van der Waals surface area contributed by atoms with E-state index in [0.29, 0.717) is 28.3 Å². The third-order valence-corrected chi connectivity index (χ3v) is 3.25. The average molecular weight is 298 g/mol. The Balaban J connectivity index is 1.90. The van der Waals surface area contributed by atoms with Crippen molar-refractivity contribution in [1.82, 2.24) is 14.7 Å². The zero-order valence-electron chi connectivity index (χ0n) is 12.2. The summed E-state index contributed by atoms with van der Waals surface area (Å²) in [6.07, 6.45) is 0. The van der Waals surface area contributed by atoms with E-state index in [1.807, 2.05) is 6.07 Å². The maximum absolute atomic E-state index is 12.5. The van der Waals surface area contributed by atoms with Gasteiger partial charge >= 0.3 is 0 Å². The Hall–Kier alpha value is -2.96. The summed E-state index contributed by atoms with van der Waals surface area (Å²) in [6.45, 7) is 3.29. The number of nitrogens with zero attached hydrogens (tertiary/aromatic N) is 3. The molecule has 3 rings (SSSR count). The van der Waals surface area contributed by atoms with E-state index in [0.717, 1.165) is 0 Å². The minimum Gasteiger partial charge on any atom is -0.360 e. The van der Waals surface area contributed by atoms with Crippen molar-refractivity contribution in [2.75, 3.05) is 5.32 Å². The van der Waals surface area contributed by atoms with E-state index < -0.39 is 0 Å². The van der Waals surface area contributed by atoms with Gasteiger partial charge in [-0.05, 0) is 26.0 Å². The van der Waals surface area contributed by atoms with Gasteiger partial charge in [-0.2, -0.15) is 0 Å². The molecule has 7 heteroatoms. The normalized spacial score (nSPS) is 10.8. The number of carbonyl (C=O) groups is 1. The van der Waals surface area contributed by atoms with Crippen LogP contribution in [0.3, 0.4) is 0 Å². The Morgan fingerprint density at radius 2 is 2.09 bits per heavy atom. The first-order valence-corrected chi connectivity index (χ1v) is 6.74. The van der Waals surface area contributed by atoms with Crippen LogP contribution in [0.5, 0.6) is 0 Å². The van der Waals surface area contributed by atoms with Gasteiger partial charge in [0.15, 0.2) is 5.82 Å². The lowest BCUT2D eigenvalue weighted by Crippen LogP contribution is -2.30. The Morgan fingerprint density at radius 1 is 1.32 bits per heavy atom. The van der Waals surface area contributed by atoms with Crippen LogP contribution in [0.15, 0.2) is 39.6 Å². The molecule has 0 radical (unpaired) electrons. The molecule has 3 aromatic rings. The highest BCUT2D eigenvalue weighted by Gasteiger charge is 2.12. The number of hydrogen-bond acceptors (Lipinski definition) is 5. The molecule has 22 heavy (non-hydrogen) atoms. The highest BCUT2D eigenvalue weighted by molar-refractivity contribution is 5.89. The van der Waals surface area contributed by atoms with E-state index in [-0.39, 0.29) is 18.0 Å². The molecule has 1 aromatic carbocycles. The number of fused-ring (bicyclic) bond motifs is 1. The molecule has 0 aliphatic heterocycles. The molecule has 0 aliphatic carbocycles. The zero-order chi connectivity index (χ0) is 15.7. The molecule has 0 bridgehead atoms. The number of anilines is 1. The standard InChI is InChI=1S/C15H14N4O3/c1-9-7-13(18-22-9)17-14(20)8-19-10(2)16-12-6-4-3-5-11(12)15(19)21/h3-7H,8H2,1-2H3,(H,17,18,20). The van der Waals surface area contributed by atoms with E-state index in [1.54, 1.807) is 38.1 Å². The second-order valence-corrected chi connectivity index (χ2v) is 4.94. The molecule has 112 valence electrons. The van der Waals surface area contributed by atoms with Gasteiger partial charge in [0, 0.05) is 6.07 Å². The van der Waals surface area contributed by atoms with Crippen molar-refractivity contribution in [2.24, 2.45) is 0 Å². The second kappa shape index (κ2) is 5.44. The highest BCUT2D eigenvalue weighted by atomic mass is 16.5. The molecular formula is C15H14N4O3. The van der Waals surface area contributed by atoms with Crippen molar-refractivity contribution in [1.29, 1.82) is 0 Å². The lowest BCUT2D eigenvalue weighted by Gasteiger charge is -2.10. The topological polar surface area (TPSA) is 90.0 Å². The van der Waals surface area contributed by atoms with Crippen LogP contribution in [0, 0.1) is 13.8 Å². The van der Waals surface area contributed by atoms with Crippen molar-refractivity contribution in [3.05, 3.63) is 52.3 Å². The lowest BCUT2D eigenvalue weighted by atomic mass is 10.2. The number of rotatable bonds is 3. The smallest absolute Gasteiger partial charge is 0.261 e. The Bertz CT molecular complexity index is 911. The third-order valence-electron chi connectivity index (χ3n) is 3.25. The number of nitrogens with one attached hydrogen (secondary N) is 1. The molecule has 2 heterocycles. The summed E-state index contributed by atoms with van der Waals surface area (Å²) in [4.78, 5) is 28.9. The number of benzene rings is 1. The quantitative estimate of drug-likeness (QED) is 0.794. The van der Waals surface area contributed by atoms with E-state index in [4.69, 9.17) is 4.52 Å². The molecule has 0 fully saturated rings. The van der Waals surface area contributed by atoms with Crippen LogP contribution in [-0.2, 0) is 11.3 Å². The van der Waals surface area contributed by atoms with Gasteiger partial charge in [-0.3, -0.25) is 14.2 Å². The number of carbonyl (C=O) groups excluding carboxylic acids is 1. The van der Waals surface area contributed by atoms with Crippen molar-refractivity contribution < 1.29 is 9.32 Å². The fraction of sp³-hybridized carbons (Fsp3) is 0.200. The number of aromatic nitrogens is 3. The minimum atomic E-state index is -0.365. The molecule has 0 atom stereocenters. The maximum Gasteiger partial charge on any atom is 0.261 e. The first-order valence-electron chi connectivity index (χ1n) is 6.74. The number of para-hydroxylation sites is 1. The molecule has 7 nitrogen and oxygen atoms in total. The van der Waals surface area contributed by atoms with E-state index in [1.165, 1.54) is 4.57 Å². The fourth-order valence-electron chi connectivity index (χ4n) is 2.22. The Morgan fingerprint density at radius 3 is 2.82 bits per heavy atom. The molecular weight excluding hydrogens is 284 g/mol. The first-order chi connectivity index (χ1) is 10.5. The third kappa shape index (κ3) is 2.60. The summed E-state index contributed by atoms with van der Waals surface area (Å²) < 4.78 is 6.21. The van der Waals surface area contributed by atoms with Crippen LogP contribution in [0.2, 0.25) is 0 Å². The van der Waals surface area contributed by atoms with Crippen molar-refractivity contribution in [3.8, 4) is 0 Å². The van der Waals surface area contributed by atoms with Crippen molar-refractivity contribution in [3.63, 3.8) is 0 Å². The van der Waals surface area contributed by atoms with Crippen LogP contribution < -0.4 is 10.9 Å². The Labute approximate surface area is 125 Å². The molecule has 0 spiro atoms. The minimum absolute atomic E-state index is 0.131. The summed E-state index contributed by atoms with van der Waals surface area (Å²) in [5.74, 6) is 1.03. The van der Waals surface area contributed by atoms with Gasteiger partial charge in [0.1, 0.15) is 18.1 Å². The summed E-state index contributed by atoms with van der Waals surface area (Å²) in [6, 6.07) is 8.65. The van der Waals surface area contributed by atoms with Crippen LogP contribution in [0.1, 0.15) is 11.6 Å². The van der Waals surface area contributed by atoms with Gasteiger partial charge in [0.2, 0.25) is 5.91 Å². The van der Waals surface area contributed by atoms with E-state index >= 15 is 0 Å². The molecule has 1 amide bonds. The zero-order valence-corrected chi connectivity index (χ0v) is 12.2. The SMILES string of the molecule is Cc1cc(NC(=O)Cn2c(C)nc3ccccc3c2=O)no1. The Kier molecular flexibility index (Phi) is 3.46. The molecule has 0 saturated carbocycles. The van der Waals surface area contributed by atoms with E-state index in [2.05, 4.69) is 15.5 Å². The van der Waals surface area contributed by atoms with Gasteiger partial charge in [-0.1, -0.05) is 17.3 Å². The molecule has 2 aromatic heterocycles. The number of aryl methyl sites for hydroxylation is 2. The summed E-state index contributed by atoms with van der Waals surface area (Å²) in [5, 5.41) is 6.75. The second-order valence-electron chi connectivity index (χ2n) is 4.94. The average Bonchev–Trinajstić information content (AvgIpc) is 2.88. The lowest BCUT2D eigenvalue weighted by molar-refractivity contribution is -0.116. The predicted molar refractivity (Wildman–Crippen MR) is 80.6 cm³/mol. The van der Waals surface area contributed by atoms with Gasteiger partial charge in [-0.25, -0.2) is 4.98 Å².